The number of benzene rings is 1. The van der Waals surface area contributed by atoms with Crippen molar-refractivity contribution in [3.05, 3.63) is 75.1 Å². The number of nitrogens with zero attached hydrogens (tertiary/aromatic N) is 1. The zero-order valence-electron chi connectivity index (χ0n) is 17.0. The molecular weight excluding hydrogens is 441 g/mol. The lowest BCUT2D eigenvalue weighted by Crippen LogP contribution is -2.39. The van der Waals surface area contributed by atoms with Crippen LogP contribution in [0.2, 0.25) is 0 Å². The molecule has 2 N–H and O–H groups in total. The van der Waals surface area contributed by atoms with E-state index in [0.717, 1.165) is 5.41 Å². The Morgan fingerprint density at radius 2 is 2.00 bits per heavy atom. The van der Waals surface area contributed by atoms with Gasteiger partial charge in [0.2, 0.25) is 0 Å². The van der Waals surface area contributed by atoms with Crippen LogP contribution in [0, 0.1) is 0 Å². The number of sulfone groups is 1. The number of alkyl halides is 1. The minimum absolute atomic E-state index is 0.104. The van der Waals surface area contributed by atoms with Crippen LogP contribution in [0.3, 0.4) is 0 Å². The predicted octanol–water partition coefficient (Wildman–Crippen LogP) is 1.56. The molecule has 1 aromatic carbocycles. The van der Waals surface area contributed by atoms with Gasteiger partial charge in [-0.25, -0.2) is 17.6 Å². The average Bonchev–Trinajstić information content (AvgIpc) is 2.80. The van der Waals surface area contributed by atoms with Crippen LogP contribution in [0.1, 0.15) is 21.6 Å². The van der Waals surface area contributed by atoms with Gasteiger partial charge in [-0.2, -0.15) is 0 Å². The van der Waals surface area contributed by atoms with E-state index in [2.05, 4.69) is 10.3 Å². The molecule has 170 valence electrons. The van der Waals surface area contributed by atoms with Crippen molar-refractivity contribution < 1.29 is 27.1 Å². The summed E-state index contributed by atoms with van der Waals surface area (Å²) in [6, 6.07) is 9.22. The van der Waals surface area contributed by atoms with Crippen LogP contribution >= 0.6 is 0 Å². The molecule has 1 aliphatic rings. The minimum Gasteiger partial charge on any atom is -0.447 e. The van der Waals surface area contributed by atoms with E-state index in [1.165, 1.54) is 29.2 Å². The molecule has 0 bridgehead atoms. The molecule has 2 heterocycles. The molecule has 0 unspecified atom stereocenters. The Bertz CT molecular complexity index is 1180. The minimum atomic E-state index is -3.64. The number of hydrogen-bond acceptors (Lipinski definition) is 6. The topological polar surface area (TPSA) is 126 Å². The Kier molecular flexibility index (Phi) is 7.41. The molecule has 0 atom stereocenters. The molecule has 1 aliphatic heterocycles. The maximum atomic E-state index is 12.4. The number of pyridine rings is 1. The molecule has 2 aromatic rings. The van der Waals surface area contributed by atoms with Gasteiger partial charge in [-0.05, 0) is 23.8 Å². The van der Waals surface area contributed by atoms with Crippen molar-refractivity contribution in [2.24, 2.45) is 0 Å². The van der Waals surface area contributed by atoms with Gasteiger partial charge in [-0.3, -0.25) is 9.59 Å². The highest BCUT2D eigenvalue weighted by atomic mass is 32.2. The molecule has 0 fully saturated rings. The number of fused-ring (bicyclic) bond motifs is 1. The third kappa shape index (κ3) is 5.61. The molecule has 0 spiro atoms. The first-order valence-electron chi connectivity index (χ1n) is 9.79. The number of carbonyl (C=O) groups excluding carboxylic acids is 2. The maximum Gasteiger partial charge on any atom is 0.410 e. The van der Waals surface area contributed by atoms with E-state index >= 15 is 0 Å². The lowest BCUT2D eigenvalue weighted by Gasteiger charge is -2.27. The SMILES string of the molecule is O=C(NC/C=C/S(=O)(=O)c1ccccc1)c1cc2c([nH]c1=O)CCN(C(=O)OCCF)C2. The summed E-state index contributed by atoms with van der Waals surface area (Å²) in [6.45, 7) is -0.833. The van der Waals surface area contributed by atoms with Gasteiger partial charge in [0.1, 0.15) is 18.8 Å². The standard InChI is InChI=1S/C21H22FN3O6S/c22-8-11-31-21(28)25-10-7-18-15(14-25)13-17(20(27)24-18)19(26)23-9-4-12-32(29,30)16-5-2-1-3-6-16/h1-6,12-13H,7-11,14H2,(H,23,26)(H,24,27)/b12-4+. The van der Waals surface area contributed by atoms with Crippen LogP contribution in [0.5, 0.6) is 0 Å². The fourth-order valence-electron chi connectivity index (χ4n) is 3.16. The van der Waals surface area contributed by atoms with Crippen molar-refractivity contribution in [2.45, 2.75) is 17.9 Å². The number of carbonyl (C=O) groups is 2. The van der Waals surface area contributed by atoms with Crippen LogP contribution in [-0.2, 0) is 27.5 Å². The van der Waals surface area contributed by atoms with Crippen LogP contribution in [0.15, 0.2) is 57.6 Å². The van der Waals surface area contributed by atoms with Gasteiger partial charge >= 0.3 is 6.09 Å². The number of nitrogens with one attached hydrogen (secondary N) is 2. The van der Waals surface area contributed by atoms with Gasteiger partial charge in [0.05, 0.1) is 11.4 Å². The molecule has 0 aliphatic carbocycles. The van der Waals surface area contributed by atoms with E-state index in [0.29, 0.717) is 24.2 Å². The number of amides is 2. The largest absolute Gasteiger partial charge is 0.447 e. The summed E-state index contributed by atoms with van der Waals surface area (Å²) in [4.78, 5) is 40.8. The van der Waals surface area contributed by atoms with Crippen LogP contribution in [-0.4, -0.2) is 56.7 Å². The zero-order chi connectivity index (χ0) is 23.1. The highest BCUT2D eigenvalue weighted by molar-refractivity contribution is 7.94. The van der Waals surface area contributed by atoms with Gasteiger partial charge in [-0.15, -0.1) is 0 Å². The second-order valence-electron chi connectivity index (χ2n) is 6.93. The molecule has 0 saturated heterocycles. The molecule has 1 aromatic heterocycles. The van der Waals surface area contributed by atoms with E-state index in [9.17, 15) is 27.2 Å². The van der Waals surface area contributed by atoms with Gasteiger partial charge in [0, 0.05) is 30.6 Å². The Balaban J connectivity index is 1.65. The molecule has 32 heavy (non-hydrogen) atoms. The van der Waals surface area contributed by atoms with Gasteiger partial charge in [0.25, 0.3) is 11.5 Å². The highest BCUT2D eigenvalue weighted by Crippen LogP contribution is 2.17. The summed E-state index contributed by atoms with van der Waals surface area (Å²) in [6.07, 6.45) is 0.961. The summed E-state index contributed by atoms with van der Waals surface area (Å²) in [7, 11) is -3.64. The maximum absolute atomic E-state index is 12.4. The van der Waals surface area contributed by atoms with E-state index < -0.39 is 34.1 Å². The van der Waals surface area contributed by atoms with Crippen molar-refractivity contribution in [3.8, 4) is 0 Å². The summed E-state index contributed by atoms with van der Waals surface area (Å²) in [5, 5.41) is 3.46. The van der Waals surface area contributed by atoms with E-state index in [1.807, 2.05) is 0 Å². The third-order valence-electron chi connectivity index (χ3n) is 4.74. The summed E-state index contributed by atoms with van der Waals surface area (Å²) in [5.41, 5.74) is 0.424. The second kappa shape index (κ2) is 10.2. The van der Waals surface area contributed by atoms with Crippen LogP contribution < -0.4 is 10.9 Å². The lowest BCUT2D eigenvalue weighted by molar-refractivity contribution is 0.0918. The fraction of sp³-hybridized carbons (Fsp3) is 0.286. The van der Waals surface area contributed by atoms with Crippen molar-refractivity contribution in [2.75, 3.05) is 26.4 Å². The number of aromatic amines is 1. The van der Waals surface area contributed by atoms with Crippen molar-refractivity contribution in [1.29, 1.82) is 0 Å². The quantitative estimate of drug-likeness (QED) is 0.642. The lowest BCUT2D eigenvalue weighted by atomic mass is 10.0. The monoisotopic (exact) mass is 463 g/mol. The van der Waals surface area contributed by atoms with E-state index in [-0.39, 0.29) is 30.2 Å². The Morgan fingerprint density at radius 3 is 2.72 bits per heavy atom. The van der Waals surface area contributed by atoms with E-state index in [4.69, 9.17) is 4.74 Å². The van der Waals surface area contributed by atoms with Crippen molar-refractivity contribution in [3.63, 3.8) is 0 Å². The first-order chi connectivity index (χ1) is 15.3. The van der Waals surface area contributed by atoms with Crippen molar-refractivity contribution >= 4 is 21.8 Å². The van der Waals surface area contributed by atoms with Crippen molar-refractivity contribution in [1.82, 2.24) is 15.2 Å². The summed E-state index contributed by atoms with van der Waals surface area (Å²) >= 11 is 0. The highest BCUT2D eigenvalue weighted by Gasteiger charge is 2.24. The number of ether oxygens (including phenoxy) is 1. The number of halogens is 1. The Labute approximate surface area is 183 Å². The zero-order valence-corrected chi connectivity index (χ0v) is 17.9. The number of aromatic nitrogens is 1. The van der Waals surface area contributed by atoms with Gasteiger partial charge in [0.15, 0.2) is 9.84 Å². The molecule has 9 nitrogen and oxygen atoms in total. The molecule has 2 amide bonds. The second-order valence-corrected chi connectivity index (χ2v) is 8.76. The molecule has 3 rings (SSSR count). The summed E-state index contributed by atoms with van der Waals surface area (Å²) in [5.74, 6) is -0.687. The Morgan fingerprint density at radius 1 is 1.25 bits per heavy atom. The van der Waals surface area contributed by atoms with Gasteiger partial charge in [-0.1, -0.05) is 24.3 Å². The average molecular weight is 463 g/mol. The molecule has 0 radical (unpaired) electrons. The predicted molar refractivity (Wildman–Crippen MR) is 114 cm³/mol. The third-order valence-corrected chi connectivity index (χ3v) is 6.22. The fourth-order valence-corrected chi connectivity index (χ4v) is 4.20. The number of rotatable bonds is 7. The molecule has 0 saturated carbocycles. The van der Waals surface area contributed by atoms with Crippen LogP contribution in [0.25, 0.3) is 0 Å². The number of H-pyrrole nitrogens is 1. The normalized spacial score (nSPS) is 13.6. The van der Waals surface area contributed by atoms with E-state index in [1.54, 1.807) is 18.2 Å². The van der Waals surface area contributed by atoms with Crippen LogP contribution in [0.4, 0.5) is 9.18 Å². The Hall–Kier alpha value is -3.47. The summed E-state index contributed by atoms with van der Waals surface area (Å²) < 4.78 is 41.4. The first kappa shape index (κ1) is 23.2. The molecular formula is C21H22FN3O6S. The molecule has 11 heteroatoms. The smallest absolute Gasteiger partial charge is 0.410 e. The van der Waals surface area contributed by atoms with Gasteiger partial charge < -0.3 is 19.9 Å². The first-order valence-corrected chi connectivity index (χ1v) is 11.3. The number of hydrogen-bond donors (Lipinski definition) is 2.